The van der Waals surface area contributed by atoms with Crippen LogP contribution in [0.4, 0.5) is 0 Å². The molecule has 0 aromatic rings. The number of rotatable bonds is 8. The van der Waals surface area contributed by atoms with Crippen molar-refractivity contribution < 1.29 is 27.3 Å². The molecule has 8 nitrogen and oxygen atoms in total. The number of alkyl halides is 3. The molecular formula is C15H24BCl3N2O6S. The van der Waals surface area contributed by atoms with E-state index in [9.17, 15) is 18.0 Å². The molecule has 1 fully saturated rings. The zero-order valence-corrected chi connectivity index (χ0v) is 19.0. The van der Waals surface area contributed by atoms with Crippen molar-refractivity contribution in [3.63, 3.8) is 0 Å². The lowest BCUT2D eigenvalue weighted by Crippen LogP contribution is -2.61. The summed E-state index contributed by atoms with van der Waals surface area (Å²) in [6.07, 6.45) is 3.93. The van der Waals surface area contributed by atoms with E-state index in [2.05, 4.69) is 4.72 Å². The van der Waals surface area contributed by atoms with Crippen LogP contribution in [0.1, 0.15) is 33.1 Å². The standard InChI is InChI=1S/C15H24BCl3N2O6S/c1-4-6-8-14(7-5-2,28(24,25)20-11-15(17,18)19)16-26-12(22)9-21(3)10-13(23)27-16/h5,7,20H,4,6,8-11H2,1-3H3/b7-5+. The Bertz CT molecular complexity index is 680. The number of unbranched alkanes of at least 4 members (excludes halogenated alkanes) is 1. The number of allylic oxidation sites excluding steroid dienone is 1. The monoisotopic (exact) mass is 476 g/mol. The van der Waals surface area contributed by atoms with E-state index in [-0.39, 0.29) is 19.5 Å². The van der Waals surface area contributed by atoms with E-state index in [1.807, 2.05) is 6.92 Å². The molecule has 28 heavy (non-hydrogen) atoms. The van der Waals surface area contributed by atoms with E-state index in [0.29, 0.717) is 12.8 Å². The molecule has 160 valence electrons. The third kappa shape index (κ3) is 7.07. The maximum absolute atomic E-state index is 13.2. The van der Waals surface area contributed by atoms with Gasteiger partial charge >= 0.3 is 19.1 Å². The first-order chi connectivity index (χ1) is 12.9. The van der Waals surface area contributed by atoms with Crippen LogP contribution in [0.15, 0.2) is 12.2 Å². The Hall–Kier alpha value is -0.515. The molecule has 0 aliphatic carbocycles. The molecule has 0 aromatic carbocycles. The van der Waals surface area contributed by atoms with Gasteiger partial charge in [-0.25, -0.2) is 13.1 Å². The Kier molecular flexibility index (Phi) is 9.57. The molecule has 1 N–H and O–H groups in total. The van der Waals surface area contributed by atoms with E-state index >= 15 is 0 Å². The average molecular weight is 478 g/mol. The fourth-order valence-corrected chi connectivity index (χ4v) is 4.90. The fourth-order valence-electron chi connectivity index (χ4n) is 2.71. The lowest BCUT2D eigenvalue weighted by molar-refractivity contribution is -0.146. The Morgan fingerprint density at radius 2 is 1.75 bits per heavy atom. The minimum atomic E-state index is -4.30. The predicted octanol–water partition coefficient (Wildman–Crippen LogP) is 1.84. The van der Waals surface area contributed by atoms with Crippen molar-refractivity contribution in [2.24, 2.45) is 0 Å². The third-order valence-corrected chi connectivity index (χ3v) is 6.47. The Morgan fingerprint density at radius 3 is 2.18 bits per heavy atom. The highest BCUT2D eigenvalue weighted by atomic mass is 35.6. The third-order valence-electron chi connectivity index (χ3n) is 4.01. The highest BCUT2D eigenvalue weighted by molar-refractivity contribution is 7.92. The van der Waals surface area contributed by atoms with Crippen molar-refractivity contribution in [3.05, 3.63) is 12.2 Å². The largest absolute Gasteiger partial charge is 0.626 e. The molecule has 13 heteroatoms. The van der Waals surface area contributed by atoms with Gasteiger partial charge in [-0.15, -0.1) is 0 Å². The van der Waals surface area contributed by atoms with Gasteiger partial charge in [0.1, 0.15) is 0 Å². The number of carbonyl (C=O) groups is 2. The summed E-state index contributed by atoms with van der Waals surface area (Å²) in [5.74, 6) is -1.44. The fraction of sp³-hybridized carbons (Fsp3) is 0.733. The molecule has 1 aliphatic rings. The predicted molar refractivity (Wildman–Crippen MR) is 110 cm³/mol. The molecule has 0 aromatic heterocycles. The maximum Gasteiger partial charge on any atom is 0.626 e. The van der Waals surface area contributed by atoms with Gasteiger partial charge in [-0.05, 0) is 20.4 Å². The molecule has 0 radical (unpaired) electrons. The van der Waals surface area contributed by atoms with Crippen LogP contribution in [-0.4, -0.2) is 67.5 Å². The molecule has 0 saturated carbocycles. The van der Waals surface area contributed by atoms with Crippen molar-refractivity contribution >= 4 is 63.9 Å². The second-order valence-electron chi connectivity index (χ2n) is 6.48. The van der Waals surface area contributed by atoms with E-state index < -0.39 is 44.1 Å². The van der Waals surface area contributed by atoms with Crippen LogP contribution in [0.25, 0.3) is 0 Å². The van der Waals surface area contributed by atoms with Gasteiger partial charge in [0, 0.05) is 0 Å². The van der Waals surface area contributed by atoms with Crippen LogP contribution in [0, 0.1) is 0 Å². The summed E-state index contributed by atoms with van der Waals surface area (Å²) in [4.78, 5) is 25.8. The van der Waals surface area contributed by atoms with Gasteiger partial charge in [0.2, 0.25) is 13.8 Å². The molecule has 1 rings (SSSR count). The molecule has 1 heterocycles. The first-order valence-electron chi connectivity index (χ1n) is 8.64. The summed E-state index contributed by atoms with van der Waals surface area (Å²) < 4.78 is 35.5. The number of hydrogen-bond acceptors (Lipinski definition) is 7. The summed E-state index contributed by atoms with van der Waals surface area (Å²) in [5.41, 5.74) is 0. The van der Waals surface area contributed by atoms with Crippen LogP contribution < -0.4 is 4.72 Å². The van der Waals surface area contributed by atoms with Crippen LogP contribution in [0.5, 0.6) is 0 Å². The average Bonchev–Trinajstić information content (AvgIpc) is 2.54. The Morgan fingerprint density at radius 1 is 1.21 bits per heavy atom. The summed E-state index contributed by atoms with van der Waals surface area (Å²) in [5, 5.41) is 0. The molecular weight excluding hydrogens is 453 g/mol. The van der Waals surface area contributed by atoms with E-state index in [0.717, 1.165) is 0 Å². The summed E-state index contributed by atoms with van der Waals surface area (Å²) in [7, 11) is -4.44. The summed E-state index contributed by atoms with van der Waals surface area (Å²) in [6.45, 7) is 2.58. The molecule has 1 aliphatic heterocycles. The van der Waals surface area contributed by atoms with Gasteiger partial charge in [-0.3, -0.25) is 14.5 Å². The first-order valence-corrected chi connectivity index (χ1v) is 11.3. The van der Waals surface area contributed by atoms with Gasteiger partial charge in [-0.2, -0.15) is 0 Å². The topological polar surface area (TPSA) is 102 Å². The van der Waals surface area contributed by atoms with Crippen molar-refractivity contribution in [1.29, 1.82) is 0 Å². The van der Waals surface area contributed by atoms with Gasteiger partial charge in [0.05, 0.1) is 19.6 Å². The van der Waals surface area contributed by atoms with Crippen molar-refractivity contribution in [2.75, 3.05) is 26.7 Å². The number of nitrogens with zero attached hydrogens (tertiary/aromatic N) is 1. The Balaban J connectivity index is 3.42. The molecule has 1 saturated heterocycles. The number of carbonyl (C=O) groups excluding carboxylic acids is 2. The van der Waals surface area contributed by atoms with Gasteiger partial charge in [0.25, 0.3) is 0 Å². The highest BCUT2D eigenvalue weighted by Gasteiger charge is 2.59. The van der Waals surface area contributed by atoms with Crippen LogP contribution in [0.3, 0.4) is 0 Å². The minimum Gasteiger partial charge on any atom is -0.497 e. The Labute approximate surface area is 181 Å². The zero-order valence-electron chi connectivity index (χ0n) is 15.9. The quantitative estimate of drug-likeness (QED) is 0.323. The SMILES string of the molecule is C/C=C/C(CCCC)(B1OC(=O)CN(C)CC(=O)O1)S(=O)(=O)NCC(Cl)(Cl)Cl. The van der Waals surface area contributed by atoms with Crippen molar-refractivity contribution in [1.82, 2.24) is 9.62 Å². The summed E-state index contributed by atoms with van der Waals surface area (Å²) >= 11 is 17.0. The second kappa shape index (κ2) is 10.5. The van der Waals surface area contributed by atoms with E-state index in [4.69, 9.17) is 44.1 Å². The van der Waals surface area contributed by atoms with Crippen LogP contribution >= 0.6 is 34.8 Å². The number of sulfonamides is 1. The van der Waals surface area contributed by atoms with Gasteiger partial charge in [0.15, 0.2) is 4.65 Å². The minimum absolute atomic E-state index is 0.0180. The van der Waals surface area contributed by atoms with Gasteiger partial charge in [-0.1, -0.05) is 66.7 Å². The second-order valence-corrected chi connectivity index (χ2v) is 11.1. The molecule has 1 unspecified atom stereocenters. The number of halogens is 3. The number of likely N-dealkylation sites (N-methyl/N-ethyl adjacent to an activating group) is 1. The number of nitrogens with one attached hydrogen (secondary N) is 1. The van der Waals surface area contributed by atoms with Crippen molar-refractivity contribution in [2.45, 2.75) is 41.5 Å². The maximum atomic E-state index is 13.2. The molecule has 0 spiro atoms. The molecule has 0 amide bonds. The van der Waals surface area contributed by atoms with E-state index in [1.54, 1.807) is 14.0 Å². The number of hydrogen-bond donors (Lipinski definition) is 1. The van der Waals surface area contributed by atoms with Crippen LogP contribution in [-0.2, 0) is 28.9 Å². The highest BCUT2D eigenvalue weighted by Crippen LogP contribution is 2.33. The zero-order chi connectivity index (χ0) is 21.6. The molecule has 1 atom stereocenters. The molecule has 0 bridgehead atoms. The normalized spacial score (nSPS) is 19.7. The van der Waals surface area contributed by atoms with Gasteiger partial charge < -0.3 is 9.31 Å². The lowest BCUT2D eigenvalue weighted by atomic mass is 9.67. The lowest BCUT2D eigenvalue weighted by Gasteiger charge is -2.35. The summed E-state index contributed by atoms with van der Waals surface area (Å²) in [6, 6.07) is 0. The smallest absolute Gasteiger partial charge is 0.497 e. The van der Waals surface area contributed by atoms with Crippen molar-refractivity contribution in [3.8, 4) is 0 Å². The first kappa shape index (κ1) is 25.5. The van der Waals surface area contributed by atoms with Crippen LogP contribution in [0.2, 0.25) is 0 Å². The van der Waals surface area contributed by atoms with E-state index in [1.165, 1.54) is 17.1 Å².